The van der Waals surface area contributed by atoms with Crippen LogP contribution in [0.25, 0.3) is 0 Å². The molecule has 0 saturated heterocycles. The predicted molar refractivity (Wildman–Crippen MR) is 55.8 cm³/mol. The number of unbranched alkanes of at least 4 members (excludes halogenated alkanes) is 2. The molecule has 0 bridgehead atoms. The van der Waals surface area contributed by atoms with Crippen LogP contribution < -0.4 is 0 Å². The Bertz CT molecular complexity index is 138. The van der Waals surface area contributed by atoms with E-state index in [1.165, 1.54) is 0 Å². The van der Waals surface area contributed by atoms with Crippen molar-refractivity contribution in [2.45, 2.75) is 45.6 Å². The van der Waals surface area contributed by atoms with Gasteiger partial charge in [-0.05, 0) is 12.8 Å². The molecule has 0 aliphatic rings. The molecule has 0 heterocycles. The van der Waals surface area contributed by atoms with E-state index < -0.39 is 6.04 Å². The van der Waals surface area contributed by atoms with E-state index in [1.54, 1.807) is 0 Å². The summed E-state index contributed by atoms with van der Waals surface area (Å²) in [6, 6.07) is -2.09. The Labute approximate surface area is 86.1 Å². The smallest absolute Gasteiger partial charge is 0.321 e. The Kier molecular flexibility index (Phi) is 7.71. The molecule has 0 amide bonds. The van der Waals surface area contributed by atoms with Crippen molar-refractivity contribution in [1.82, 2.24) is 0 Å². The Morgan fingerprint density at radius 3 is 1.86 bits per heavy atom. The number of hydrogen-bond donors (Lipinski definition) is 0. The number of halogens is 1. The molecule has 3 heteroatoms. The van der Waals surface area contributed by atoms with Gasteiger partial charge < -0.3 is 9.47 Å². The highest BCUT2D eigenvalue weighted by atomic mass is 19.2. The summed E-state index contributed by atoms with van der Waals surface area (Å²) in [5.41, 5.74) is 0. The molecule has 0 atom stereocenters. The Balaban J connectivity index is 3.73. The fourth-order valence-electron chi connectivity index (χ4n) is 0.871. The van der Waals surface area contributed by atoms with Gasteiger partial charge in [0.1, 0.15) is 0 Å². The van der Waals surface area contributed by atoms with Crippen molar-refractivity contribution in [3.8, 4) is 0 Å². The molecule has 84 valence electrons. The molecule has 0 spiro atoms. The van der Waals surface area contributed by atoms with Crippen molar-refractivity contribution in [2.24, 2.45) is 0 Å². The summed E-state index contributed by atoms with van der Waals surface area (Å²) in [6.45, 7) is 8.14. The monoisotopic (exact) mass is 204 g/mol. The normalized spacial score (nSPS) is 11.6. The number of hydrogen-bond acceptors (Lipinski definition) is 2. The van der Waals surface area contributed by atoms with Crippen LogP contribution in [0, 0.1) is 0 Å². The zero-order valence-electron chi connectivity index (χ0n) is 9.22. The van der Waals surface area contributed by atoms with Gasteiger partial charge in [-0.25, -0.2) is 0 Å². The standard InChI is InChI=1S/C11H21FO2/c1-4-7-9-13-11(12,6-3)14-10-8-5-2/h6H,3-5,7-10H2,1-2H3. The highest BCUT2D eigenvalue weighted by Crippen LogP contribution is 2.17. The molecule has 0 aliphatic carbocycles. The topological polar surface area (TPSA) is 18.5 Å². The van der Waals surface area contributed by atoms with Gasteiger partial charge in [-0.15, -0.1) is 0 Å². The molecule has 0 rings (SSSR count). The quantitative estimate of drug-likeness (QED) is 0.325. The Morgan fingerprint density at radius 2 is 1.57 bits per heavy atom. The molecule has 0 saturated carbocycles. The van der Waals surface area contributed by atoms with Gasteiger partial charge in [0.25, 0.3) is 0 Å². The van der Waals surface area contributed by atoms with E-state index in [4.69, 9.17) is 9.47 Å². The molecule has 14 heavy (non-hydrogen) atoms. The summed E-state index contributed by atoms with van der Waals surface area (Å²) in [7, 11) is 0. The van der Waals surface area contributed by atoms with Crippen LogP contribution in [0.2, 0.25) is 0 Å². The lowest BCUT2D eigenvalue weighted by Gasteiger charge is -2.21. The fraction of sp³-hybridized carbons (Fsp3) is 0.818. The van der Waals surface area contributed by atoms with Crippen LogP contribution in [0.3, 0.4) is 0 Å². The number of rotatable bonds is 9. The third-order valence-electron chi connectivity index (χ3n) is 1.84. The molecule has 0 radical (unpaired) electrons. The maximum atomic E-state index is 13.6. The van der Waals surface area contributed by atoms with Crippen molar-refractivity contribution in [3.63, 3.8) is 0 Å². The lowest BCUT2D eigenvalue weighted by Crippen LogP contribution is -2.29. The minimum atomic E-state index is -2.09. The van der Waals surface area contributed by atoms with Crippen molar-refractivity contribution in [1.29, 1.82) is 0 Å². The molecule has 0 aromatic carbocycles. The fourth-order valence-corrected chi connectivity index (χ4v) is 0.871. The van der Waals surface area contributed by atoms with Crippen molar-refractivity contribution in [3.05, 3.63) is 12.7 Å². The van der Waals surface area contributed by atoms with E-state index in [0.717, 1.165) is 31.8 Å². The summed E-state index contributed by atoms with van der Waals surface area (Å²) in [6.07, 6.45) is 4.68. The molecule has 2 nitrogen and oxygen atoms in total. The number of ether oxygens (including phenoxy) is 2. The first-order valence-electron chi connectivity index (χ1n) is 5.29. The van der Waals surface area contributed by atoms with Crippen LogP contribution in [-0.2, 0) is 9.47 Å². The van der Waals surface area contributed by atoms with Crippen molar-refractivity contribution in [2.75, 3.05) is 13.2 Å². The first-order valence-corrected chi connectivity index (χ1v) is 5.29. The van der Waals surface area contributed by atoms with Crippen LogP contribution in [0.5, 0.6) is 0 Å². The number of alkyl halides is 1. The molecule has 0 aromatic rings. The van der Waals surface area contributed by atoms with E-state index in [1.807, 2.05) is 13.8 Å². The van der Waals surface area contributed by atoms with E-state index in [0.29, 0.717) is 13.2 Å². The van der Waals surface area contributed by atoms with Gasteiger partial charge in [0, 0.05) is 6.08 Å². The van der Waals surface area contributed by atoms with Gasteiger partial charge >= 0.3 is 6.04 Å². The molecule has 0 fully saturated rings. The molecule has 0 aliphatic heterocycles. The van der Waals surface area contributed by atoms with Crippen LogP contribution >= 0.6 is 0 Å². The summed E-state index contributed by atoms with van der Waals surface area (Å²) < 4.78 is 23.5. The first-order chi connectivity index (χ1) is 6.68. The Hall–Kier alpha value is -0.410. The highest BCUT2D eigenvalue weighted by molar-refractivity contribution is 4.80. The molecule has 0 N–H and O–H groups in total. The second kappa shape index (κ2) is 7.94. The first kappa shape index (κ1) is 13.6. The van der Waals surface area contributed by atoms with Gasteiger partial charge in [0.05, 0.1) is 13.2 Å². The predicted octanol–water partition coefficient (Wildman–Crippen LogP) is 3.43. The van der Waals surface area contributed by atoms with Gasteiger partial charge in [-0.1, -0.05) is 33.3 Å². The van der Waals surface area contributed by atoms with Crippen LogP contribution in [0.4, 0.5) is 4.39 Å². The van der Waals surface area contributed by atoms with Crippen LogP contribution in [0.1, 0.15) is 39.5 Å². The second-order valence-electron chi connectivity index (χ2n) is 3.19. The maximum absolute atomic E-state index is 13.6. The average Bonchev–Trinajstić information content (AvgIpc) is 2.19. The van der Waals surface area contributed by atoms with E-state index >= 15 is 0 Å². The maximum Gasteiger partial charge on any atom is 0.341 e. The third kappa shape index (κ3) is 6.11. The molecular weight excluding hydrogens is 183 g/mol. The van der Waals surface area contributed by atoms with Gasteiger partial charge in [-0.2, -0.15) is 4.39 Å². The van der Waals surface area contributed by atoms with Gasteiger partial charge in [-0.3, -0.25) is 0 Å². The van der Waals surface area contributed by atoms with E-state index in [-0.39, 0.29) is 0 Å². The minimum Gasteiger partial charge on any atom is -0.321 e. The molecule has 0 aromatic heterocycles. The van der Waals surface area contributed by atoms with Crippen LogP contribution in [-0.4, -0.2) is 19.3 Å². The lowest BCUT2D eigenvalue weighted by molar-refractivity contribution is -0.283. The van der Waals surface area contributed by atoms with Crippen molar-refractivity contribution < 1.29 is 13.9 Å². The average molecular weight is 204 g/mol. The van der Waals surface area contributed by atoms with E-state index in [2.05, 4.69) is 6.58 Å². The highest BCUT2D eigenvalue weighted by Gasteiger charge is 2.26. The summed E-state index contributed by atoms with van der Waals surface area (Å²) >= 11 is 0. The lowest BCUT2D eigenvalue weighted by atomic mass is 10.3. The summed E-state index contributed by atoms with van der Waals surface area (Å²) in [5.74, 6) is 0. The van der Waals surface area contributed by atoms with Gasteiger partial charge in [0.15, 0.2) is 0 Å². The van der Waals surface area contributed by atoms with Crippen molar-refractivity contribution >= 4 is 0 Å². The zero-order chi connectivity index (χ0) is 10.9. The third-order valence-corrected chi connectivity index (χ3v) is 1.84. The Morgan fingerprint density at radius 1 is 1.14 bits per heavy atom. The minimum absolute atomic E-state index is 0.366. The summed E-state index contributed by atoms with van der Waals surface area (Å²) in [5, 5.41) is 0. The van der Waals surface area contributed by atoms with E-state index in [9.17, 15) is 4.39 Å². The second-order valence-corrected chi connectivity index (χ2v) is 3.19. The van der Waals surface area contributed by atoms with Gasteiger partial charge in [0.2, 0.25) is 0 Å². The zero-order valence-corrected chi connectivity index (χ0v) is 9.22. The largest absolute Gasteiger partial charge is 0.341 e. The molecular formula is C11H21FO2. The summed E-state index contributed by atoms with van der Waals surface area (Å²) in [4.78, 5) is 0. The van der Waals surface area contributed by atoms with Crippen LogP contribution in [0.15, 0.2) is 12.7 Å². The molecule has 0 unspecified atom stereocenters. The SMILES string of the molecule is C=CC(F)(OCCCC)OCCCC.